The number of nitrogens with one attached hydrogen (secondary N) is 2. The number of aromatic nitrogens is 3. The summed E-state index contributed by atoms with van der Waals surface area (Å²) in [5.74, 6) is 0.574. The summed E-state index contributed by atoms with van der Waals surface area (Å²) in [7, 11) is 0. The molecular weight excluding hydrogens is 328 g/mol. The van der Waals surface area contributed by atoms with Gasteiger partial charge in [-0.2, -0.15) is 0 Å². The van der Waals surface area contributed by atoms with E-state index in [1.807, 2.05) is 19.1 Å². The first kappa shape index (κ1) is 17.9. The second-order valence-electron chi connectivity index (χ2n) is 7.45. The largest absolute Gasteiger partial charge is 0.491 e. The van der Waals surface area contributed by atoms with Gasteiger partial charge in [-0.25, -0.2) is 4.98 Å². The number of hydrogen-bond donors (Lipinski definition) is 2. The van der Waals surface area contributed by atoms with Crippen molar-refractivity contribution in [2.24, 2.45) is 0 Å². The molecule has 0 aliphatic rings. The zero-order valence-electron chi connectivity index (χ0n) is 15.5. The summed E-state index contributed by atoms with van der Waals surface area (Å²) in [5.41, 5.74) is 3.17. The van der Waals surface area contributed by atoms with E-state index in [0.717, 1.165) is 11.3 Å². The molecular formula is C20H24N4O2. The highest BCUT2D eigenvalue weighted by atomic mass is 16.5. The van der Waals surface area contributed by atoms with Crippen LogP contribution in [0.5, 0.6) is 5.75 Å². The van der Waals surface area contributed by atoms with E-state index >= 15 is 0 Å². The minimum absolute atomic E-state index is 0.112. The lowest BCUT2D eigenvalue weighted by atomic mass is 9.87. The average molecular weight is 352 g/mol. The number of carbonyl (C=O) groups is 1. The van der Waals surface area contributed by atoms with E-state index in [1.54, 1.807) is 12.5 Å². The molecule has 0 fully saturated rings. The molecule has 2 heterocycles. The maximum absolute atomic E-state index is 12.5. The van der Waals surface area contributed by atoms with E-state index in [4.69, 9.17) is 4.74 Å². The van der Waals surface area contributed by atoms with Gasteiger partial charge >= 0.3 is 0 Å². The summed E-state index contributed by atoms with van der Waals surface area (Å²) >= 11 is 0. The zero-order valence-corrected chi connectivity index (χ0v) is 15.5. The highest BCUT2D eigenvalue weighted by molar-refractivity contribution is 6.04. The fourth-order valence-electron chi connectivity index (χ4n) is 2.65. The molecule has 1 unspecified atom stereocenters. The number of H-pyrrole nitrogens is 1. The van der Waals surface area contributed by atoms with Crippen molar-refractivity contribution in [3.8, 4) is 5.75 Å². The van der Waals surface area contributed by atoms with E-state index in [0.29, 0.717) is 17.7 Å². The minimum atomic E-state index is -0.214. The Kier molecular flexibility index (Phi) is 4.93. The van der Waals surface area contributed by atoms with Crippen molar-refractivity contribution >= 4 is 16.9 Å². The van der Waals surface area contributed by atoms with Gasteiger partial charge in [0.1, 0.15) is 17.9 Å². The zero-order chi connectivity index (χ0) is 18.7. The molecule has 26 heavy (non-hydrogen) atoms. The molecule has 0 aliphatic heterocycles. The summed E-state index contributed by atoms with van der Waals surface area (Å²) in [6.07, 6.45) is 4.72. The third-order valence-corrected chi connectivity index (χ3v) is 4.17. The van der Waals surface area contributed by atoms with Crippen LogP contribution in [0.3, 0.4) is 0 Å². The summed E-state index contributed by atoms with van der Waals surface area (Å²) < 4.78 is 5.79. The average Bonchev–Trinajstić information content (AvgIpc) is 3.08. The van der Waals surface area contributed by atoms with Gasteiger partial charge < -0.3 is 15.0 Å². The Labute approximate surface area is 153 Å². The molecule has 0 aliphatic carbocycles. The number of benzene rings is 1. The van der Waals surface area contributed by atoms with Crippen LogP contribution in [0.1, 0.15) is 43.6 Å². The van der Waals surface area contributed by atoms with Crippen LogP contribution in [0.25, 0.3) is 11.0 Å². The summed E-state index contributed by atoms with van der Waals surface area (Å²) in [6, 6.07) is 7.91. The van der Waals surface area contributed by atoms with Crippen LogP contribution in [0, 0.1) is 0 Å². The van der Waals surface area contributed by atoms with E-state index in [1.165, 1.54) is 11.8 Å². The molecule has 1 atom stereocenters. The lowest BCUT2D eigenvalue weighted by Crippen LogP contribution is -2.37. The number of nitrogens with zero attached hydrogens (tertiary/aromatic N) is 2. The SMILES string of the molecule is CC(COc1ccc(C(C)(C)C)cc1)NC(=O)c1cncc2[nH]cnc12. The van der Waals surface area contributed by atoms with Crippen LogP contribution in [0.4, 0.5) is 0 Å². The molecule has 3 aromatic rings. The number of imidazole rings is 1. The van der Waals surface area contributed by atoms with E-state index in [9.17, 15) is 4.79 Å². The number of pyridine rings is 1. The summed E-state index contributed by atoms with van der Waals surface area (Å²) in [6.45, 7) is 8.81. The molecule has 2 N–H and O–H groups in total. The predicted octanol–water partition coefficient (Wildman–Crippen LogP) is 3.45. The number of amides is 1. The smallest absolute Gasteiger partial charge is 0.255 e. The molecule has 1 aromatic carbocycles. The van der Waals surface area contributed by atoms with Crippen molar-refractivity contribution in [1.82, 2.24) is 20.3 Å². The van der Waals surface area contributed by atoms with Crippen molar-refractivity contribution in [3.05, 3.63) is 54.1 Å². The molecule has 6 nitrogen and oxygen atoms in total. The molecule has 0 radical (unpaired) electrons. The lowest BCUT2D eigenvalue weighted by molar-refractivity contribution is 0.0928. The van der Waals surface area contributed by atoms with Gasteiger partial charge in [-0.3, -0.25) is 9.78 Å². The molecule has 136 valence electrons. The van der Waals surface area contributed by atoms with Crippen molar-refractivity contribution in [1.29, 1.82) is 0 Å². The molecule has 0 spiro atoms. The fourth-order valence-corrected chi connectivity index (χ4v) is 2.65. The Hall–Kier alpha value is -2.89. The Morgan fingerprint density at radius 2 is 1.96 bits per heavy atom. The van der Waals surface area contributed by atoms with E-state index in [-0.39, 0.29) is 17.4 Å². The third kappa shape index (κ3) is 4.02. The van der Waals surface area contributed by atoms with Gasteiger partial charge in [0.15, 0.2) is 0 Å². The Morgan fingerprint density at radius 1 is 1.23 bits per heavy atom. The van der Waals surface area contributed by atoms with Gasteiger partial charge in [-0.15, -0.1) is 0 Å². The molecule has 3 rings (SSSR count). The Balaban J connectivity index is 1.58. The molecule has 2 aromatic heterocycles. The monoisotopic (exact) mass is 352 g/mol. The quantitative estimate of drug-likeness (QED) is 0.737. The molecule has 0 saturated heterocycles. The maximum Gasteiger partial charge on any atom is 0.255 e. The number of fused-ring (bicyclic) bond motifs is 1. The summed E-state index contributed by atoms with van der Waals surface area (Å²) in [4.78, 5) is 23.7. The number of rotatable bonds is 5. The standard InChI is InChI=1S/C20H24N4O2/c1-13(11-26-15-7-5-14(6-8-15)20(2,3)4)24-19(25)16-9-21-10-17-18(16)23-12-22-17/h5-10,12-13H,11H2,1-4H3,(H,22,23)(H,24,25). The molecule has 0 saturated carbocycles. The Morgan fingerprint density at radius 3 is 2.65 bits per heavy atom. The number of carbonyl (C=O) groups excluding carboxylic acids is 1. The second kappa shape index (κ2) is 7.15. The van der Waals surface area contributed by atoms with Crippen molar-refractivity contribution in [2.45, 2.75) is 39.2 Å². The van der Waals surface area contributed by atoms with Crippen molar-refractivity contribution < 1.29 is 9.53 Å². The van der Waals surface area contributed by atoms with Crippen molar-refractivity contribution in [3.63, 3.8) is 0 Å². The predicted molar refractivity (Wildman–Crippen MR) is 101 cm³/mol. The first-order chi connectivity index (χ1) is 12.3. The van der Waals surface area contributed by atoms with Gasteiger partial charge in [0.2, 0.25) is 0 Å². The normalized spacial score (nSPS) is 12.8. The van der Waals surface area contributed by atoms with E-state index in [2.05, 4.69) is 53.2 Å². The van der Waals surface area contributed by atoms with Gasteiger partial charge in [0.05, 0.1) is 29.6 Å². The summed E-state index contributed by atoms with van der Waals surface area (Å²) in [5, 5.41) is 2.93. The maximum atomic E-state index is 12.5. The van der Waals surface area contributed by atoms with Crippen molar-refractivity contribution in [2.75, 3.05) is 6.61 Å². The van der Waals surface area contributed by atoms with Crippen LogP contribution < -0.4 is 10.1 Å². The van der Waals surface area contributed by atoms with Crippen LogP contribution in [0.15, 0.2) is 43.0 Å². The van der Waals surface area contributed by atoms with Crippen LogP contribution in [-0.4, -0.2) is 33.5 Å². The molecule has 1 amide bonds. The van der Waals surface area contributed by atoms with Gasteiger partial charge in [-0.05, 0) is 30.0 Å². The highest BCUT2D eigenvalue weighted by Gasteiger charge is 2.16. The van der Waals surface area contributed by atoms with Gasteiger partial charge in [0, 0.05) is 6.20 Å². The van der Waals surface area contributed by atoms with Crippen LogP contribution >= 0.6 is 0 Å². The molecule has 6 heteroatoms. The first-order valence-electron chi connectivity index (χ1n) is 8.66. The number of hydrogen-bond acceptors (Lipinski definition) is 4. The van der Waals surface area contributed by atoms with Crippen LogP contribution in [-0.2, 0) is 5.41 Å². The second-order valence-corrected chi connectivity index (χ2v) is 7.45. The topological polar surface area (TPSA) is 79.9 Å². The Bertz CT molecular complexity index is 894. The first-order valence-corrected chi connectivity index (χ1v) is 8.66. The minimum Gasteiger partial charge on any atom is -0.491 e. The lowest BCUT2D eigenvalue weighted by Gasteiger charge is -2.20. The van der Waals surface area contributed by atoms with Gasteiger partial charge in [0.25, 0.3) is 5.91 Å². The van der Waals surface area contributed by atoms with E-state index < -0.39 is 0 Å². The number of ether oxygens (including phenoxy) is 1. The third-order valence-electron chi connectivity index (χ3n) is 4.17. The van der Waals surface area contributed by atoms with Crippen LogP contribution in [0.2, 0.25) is 0 Å². The number of aromatic amines is 1. The molecule has 0 bridgehead atoms. The van der Waals surface area contributed by atoms with Gasteiger partial charge in [-0.1, -0.05) is 32.9 Å². The fraction of sp³-hybridized carbons (Fsp3) is 0.350. The highest BCUT2D eigenvalue weighted by Crippen LogP contribution is 2.24.